The third kappa shape index (κ3) is 3.99. The molecule has 1 aromatic rings. The number of fused-ring (bicyclic) bond motifs is 1. The highest BCUT2D eigenvalue weighted by atomic mass is 32.2. The first-order valence-electron chi connectivity index (χ1n) is 8.43. The summed E-state index contributed by atoms with van der Waals surface area (Å²) in [5.41, 5.74) is -0.174. The molecule has 0 atom stereocenters. The molecule has 0 unspecified atom stereocenters. The summed E-state index contributed by atoms with van der Waals surface area (Å²) in [4.78, 5) is 38.5. The number of nitriles is 1. The van der Waals surface area contributed by atoms with Crippen LogP contribution in [0.4, 0.5) is 5.69 Å². The first-order chi connectivity index (χ1) is 12.5. The normalized spacial score (nSPS) is 18.0. The van der Waals surface area contributed by atoms with E-state index in [1.807, 2.05) is 12.1 Å². The zero-order valence-corrected chi connectivity index (χ0v) is 15.0. The summed E-state index contributed by atoms with van der Waals surface area (Å²) in [6, 6.07) is 9.48. The van der Waals surface area contributed by atoms with E-state index in [1.54, 1.807) is 12.1 Å². The lowest BCUT2D eigenvalue weighted by molar-refractivity contribution is -0.148. The highest BCUT2D eigenvalue weighted by Gasteiger charge is 2.35. The van der Waals surface area contributed by atoms with Crippen LogP contribution >= 0.6 is 11.8 Å². The largest absolute Gasteiger partial charge is 0.454 e. The van der Waals surface area contributed by atoms with Crippen LogP contribution in [0.25, 0.3) is 0 Å². The molecule has 2 amide bonds. The second-order valence-corrected chi connectivity index (χ2v) is 7.36. The van der Waals surface area contributed by atoms with Crippen LogP contribution in [0.2, 0.25) is 0 Å². The third-order valence-corrected chi connectivity index (χ3v) is 5.56. The van der Waals surface area contributed by atoms with Crippen LogP contribution in [0.5, 0.6) is 0 Å². The Labute approximate surface area is 155 Å². The van der Waals surface area contributed by atoms with E-state index in [2.05, 4.69) is 11.4 Å². The van der Waals surface area contributed by atoms with Crippen molar-refractivity contribution in [3.8, 4) is 6.07 Å². The molecule has 1 aliphatic carbocycles. The van der Waals surface area contributed by atoms with Crippen LogP contribution in [0.1, 0.15) is 25.7 Å². The fraction of sp³-hybridized carbons (Fsp3) is 0.444. The quantitative estimate of drug-likeness (QED) is 0.788. The van der Waals surface area contributed by atoms with Gasteiger partial charge >= 0.3 is 5.97 Å². The Morgan fingerprint density at radius 1 is 1.31 bits per heavy atom. The lowest BCUT2D eigenvalue weighted by Gasteiger charge is -2.28. The fourth-order valence-electron chi connectivity index (χ4n) is 3.19. The molecule has 0 spiro atoms. The minimum absolute atomic E-state index is 0.176. The van der Waals surface area contributed by atoms with Gasteiger partial charge in [0, 0.05) is 4.90 Å². The molecule has 0 bridgehead atoms. The monoisotopic (exact) mass is 373 g/mol. The van der Waals surface area contributed by atoms with Crippen molar-refractivity contribution >= 4 is 35.2 Å². The van der Waals surface area contributed by atoms with Crippen LogP contribution in [0, 0.1) is 11.3 Å². The summed E-state index contributed by atoms with van der Waals surface area (Å²) in [7, 11) is 0. The van der Waals surface area contributed by atoms with Crippen molar-refractivity contribution in [3.05, 3.63) is 24.3 Å². The number of nitrogens with zero attached hydrogens (tertiary/aromatic N) is 2. The summed E-state index contributed by atoms with van der Waals surface area (Å²) >= 11 is 1.43. The zero-order valence-electron chi connectivity index (χ0n) is 14.2. The Kier molecular flexibility index (Phi) is 5.47. The Morgan fingerprint density at radius 2 is 2.04 bits per heavy atom. The maximum atomic E-state index is 12.1. The van der Waals surface area contributed by atoms with Gasteiger partial charge in [-0.3, -0.25) is 19.3 Å². The first-order valence-corrected chi connectivity index (χ1v) is 9.42. The second kappa shape index (κ2) is 7.79. The van der Waals surface area contributed by atoms with E-state index in [9.17, 15) is 19.6 Å². The van der Waals surface area contributed by atoms with Crippen molar-refractivity contribution in [3.63, 3.8) is 0 Å². The Balaban J connectivity index is 1.54. The molecule has 0 aromatic heterocycles. The van der Waals surface area contributed by atoms with E-state index in [4.69, 9.17) is 4.74 Å². The van der Waals surface area contributed by atoms with Crippen molar-refractivity contribution in [2.24, 2.45) is 0 Å². The molecular weight excluding hydrogens is 354 g/mol. The number of nitrogens with one attached hydrogen (secondary N) is 1. The number of thioether (sulfide) groups is 1. The molecule has 1 fully saturated rings. The molecule has 0 saturated heterocycles. The molecule has 1 saturated carbocycles. The minimum atomic E-state index is -0.845. The van der Waals surface area contributed by atoms with Gasteiger partial charge in [0.25, 0.3) is 5.91 Å². The number of para-hydroxylation sites is 1. The number of carbonyl (C=O) groups excluding carboxylic acids is 3. The minimum Gasteiger partial charge on any atom is -0.454 e. The SMILES string of the molecule is N#CC1(NC(=O)COC(=O)CN2C(=O)CSc3ccccc32)CCCC1. The van der Waals surface area contributed by atoms with Crippen LogP contribution in [0.15, 0.2) is 29.2 Å². The highest BCUT2D eigenvalue weighted by Crippen LogP contribution is 2.34. The Hall–Kier alpha value is -2.53. The first kappa shape index (κ1) is 18.3. The van der Waals surface area contributed by atoms with E-state index < -0.39 is 24.0 Å². The molecule has 1 heterocycles. The van der Waals surface area contributed by atoms with Crippen LogP contribution in [0.3, 0.4) is 0 Å². The number of ether oxygens (including phenoxy) is 1. The summed E-state index contributed by atoms with van der Waals surface area (Å²) in [5.74, 6) is -1.07. The molecule has 1 aliphatic heterocycles. The van der Waals surface area contributed by atoms with Crippen LogP contribution in [-0.4, -0.2) is 42.2 Å². The summed E-state index contributed by atoms with van der Waals surface area (Å²) in [5, 5.41) is 11.9. The molecule has 7 nitrogen and oxygen atoms in total. The van der Waals surface area contributed by atoms with Crippen molar-refractivity contribution < 1.29 is 19.1 Å². The van der Waals surface area contributed by atoms with Crippen molar-refractivity contribution in [2.75, 3.05) is 23.8 Å². The molecule has 3 rings (SSSR count). The van der Waals surface area contributed by atoms with E-state index in [-0.39, 0.29) is 18.2 Å². The standard InChI is InChI=1S/C18H19N3O4S/c19-12-18(7-3-4-8-18)20-15(22)10-25-17(24)9-21-13-5-1-2-6-14(13)26-11-16(21)23/h1-2,5-6H,3-4,7-11H2,(H,20,22). The molecule has 136 valence electrons. The molecule has 8 heteroatoms. The predicted molar refractivity (Wildman–Crippen MR) is 95.4 cm³/mol. The topological polar surface area (TPSA) is 99.5 Å². The maximum Gasteiger partial charge on any atom is 0.326 e. The fourth-order valence-corrected chi connectivity index (χ4v) is 4.13. The van der Waals surface area contributed by atoms with Crippen molar-refractivity contribution in [2.45, 2.75) is 36.1 Å². The Morgan fingerprint density at radius 3 is 2.77 bits per heavy atom. The number of rotatable bonds is 5. The van der Waals surface area contributed by atoms with Crippen LogP contribution < -0.4 is 10.2 Å². The summed E-state index contributed by atoms with van der Waals surface area (Å²) in [6.45, 7) is -0.701. The summed E-state index contributed by atoms with van der Waals surface area (Å²) < 4.78 is 5.01. The van der Waals surface area contributed by atoms with E-state index in [0.29, 0.717) is 18.5 Å². The lowest BCUT2D eigenvalue weighted by Crippen LogP contribution is -2.47. The lowest BCUT2D eigenvalue weighted by atomic mass is 10.00. The molecule has 2 aliphatic rings. The molecular formula is C18H19N3O4S. The number of carbonyl (C=O) groups is 3. The van der Waals surface area contributed by atoms with Crippen molar-refractivity contribution in [1.82, 2.24) is 5.32 Å². The molecule has 26 heavy (non-hydrogen) atoms. The molecule has 0 radical (unpaired) electrons. The Bertz CT molecular complexity index is 768. The van der Waals surface area contributed by atoms with Gasteiger partial charge in [-0.15, -0.1) is 11.8 Å². The zero-order chi connectivity index (χ0) is 18.6. The maximum absolute atomic E-state index is 12.1. The van der Waals surface area contributed by atoms with Gasteiger partial charge < -0.3 is 10.1 Å². The summed E-state index contributed by atoms with van der Waals surface area (Å²) in [6.07, 6.45) is 3.00. The van der Waals surface area contributed by atoms with Gasteiger partial charge in [0.15, 0.2) is 6.61 Å². The van der Waals surface area contributed by atoms with Crippen molar-refractivity contribution in [1.29, 1.82) is 5.26 Å². The second-order valence-electron chi connectivity index (χ2n) is 6.35. The number of esters is 1. The van der Waals surface area contributed by atoms with Gasteiger partial charge in [-0.2, -0.15) is 5.26 Å². The average Bonchev–Trinajstić information content (AvgIpc) is 3.11. The van der Waals surface area contributed by atoms with Gasteiger partial charge in [-0.1, -0.05) is 12.1 Å². The van der Waals surface area contributed by atoms with Gasteiger partial charge in [0.2, 0.25) is 5.91 Å². The number of amides is 2. The third-order valence-electron chi connectivity index (χ3n) is 4.51. The van der Waals surface area contributed by atoms with Gasteiger partial charge in [-0.05, 0) is 37.8 Å². The number of benzene rings is 1. The van der Waals surface area contributed by atoms with E-state index >= 15 is 0 Å². The highest BCUT2D eigenvalue weighted by molar-refractivity contribution is 8.00. The van der Waals surface area contributed by atoms with E-state index in [1.165, 1.54) is 16.7 Å². The number of hydrogen-bond acceptors (Lipinski definition) is 6. The van der Waals surface area contributed by atoms with Gasteiger partial charge in [0.1, 0.15) is 12.1 Å². The number of anilines is 1. The smallest absolute Gasteiger partial charge is 0.326 e. The number of hydrogen-bond donors (Lipinski definition) is 1. The molecule has 1 N–H and O–H groups in total. The molecule has 1 aromatic carbocycles. The van der Waals surface area contributed by atoms with Crippen LogP contribution in [-0.2, 0) is 19.1 Å². The van der Waals surface area contributed by atoms with Gasteiger partial charge in [-0.25, -0.2) is 0 Å². The van der Waals surface area contributed by atoms with Gasteiger partial charge in [0.05, 0.1) is 17.5 Å². The van der Waals surface area contributed by atoms with E-state index in [0.717, 1.165) is 17.7 Å². The average molecular weight is 373 g/mol. The predicted octanol–water partition coefficient (Wildman–Crippen LogP) is 1.62.